The number of carbonyl (C=O) groups is 1. The van der Waals surface area contributed by atoms with Gasteiger partial charge in [0.1, 0.15) is 12.4 Å². The third-order valence-electron chi connectivity index (χ3n) is 4.56. The zero-order valence-electron chi connectivity index (χ0n) is 17.0. The Labute approximate surface area is 175 Å². The summed E-state index contributed by atoms with van der Waals surface area (Å²) in [5.74, 6) is 0.717. The lowest BCUT2D eigenvalue weighted by molar-refractivity contribution is 0.0953. The van der Waals surface area contributed by atoms with E-state index in [1.165, 1.54) is 26.4 Å². The first-order valence-corrected chi connectivity index (χ1v) is 9.56. The molecule has 0 aliphatic heterocycles. The van der Waals surface area contributed by atoms with Crippen LogP contribution in [0.1, 0.15) is 21.5 Å². The Morgan fingerprint density at radius 2 is 1.53 bits per heavy atom. The maximum atomic E-state index is 13.0. The van der Waals surface area contributed by atoms with E-state index in [-0.39, 0.29) is 11.7 Å². The number of hydrogen-bond acceptors (Lipinski definition) is 4. The van der Waals surface area contributed by atoms with Crippen LogP contribution in [0.2, 0.25) is 0 Å². The molecule has 6 heteroatoms. The van der Waals surface area contributed by atoms with Crippen LogP contribution in [-0.2, 0) is 13.0 Å². The summed E-state index contributed by atoms with van der Waals surface area (Å²) in [6.45, 7) is 0.762. The number of hydrogen-bond donors (Lipinski definition) is 1. The van der Waals surface area contributed by atoms with Gasteiger partial charge in [0.05, 0.1) is 14.2 Å². The molecule has 0 saturated heterocycles. The third-order valence-corrected chi connectivity index (χ3v) is 4.56. The molecule has 0 heterocycles. The summed E-state index contributed by atoms with van der Waals surface area (Å²) in [6.07, 6.45) is 0.596. The lowest BCUT2D eigenvalue weighted by atomic mass is 10.1. The second kappa shape index (κ2) is 10.3. The van der Waals surface area contributed by atoms with Crippen molar-refractivity contribution in [2.75, 3.05) is 20.8 Å². The van der Waals surface area contributed by atoms with Gasteiger partial charge in [-0.3, -0.25) is 4.79 Å². The molecule has 0 radical (unpaired) electrons. The molecule has 0 saturated carbocycles. The van der Waals surface area contributed by atoms with Gasteiger partial charge in [-0.25, -0.2) is 4.39 Å². The summed E-state index contributed by atoms with van der Waals surface area (Å²) in [7, 11) is 3.03. The van der Waals surface area contributed by atoms with Gasteiger partial charge in [-0.2, -0.15) is 0 Å². The van der Waals surface area contributed by atoms with Gasteiger partial charge in [-0.15, -0.1) is 0 Å². The maximum Gasteiger partial charge on any atom is 0.251 e. The molecule has 0 aromatic heterocycles. The highest BCUT2D eigenvalue weighted by molar-refractivity contribution is 5.95. The van der Waals surface area contributed by atoms with Crippen molar-refractivity contribution in [1.29, 1.82) is 0 Å². The zero-order valence-corrected chi connectivity index (χ0v) is 17.0. The number of halogens is 1. The zero-order chi connectivity index (χ0) is 21.3. The highest BCUT2D eigenvalue weighted by atomic mass is 19.1. The SMILES string of the molecule is COc1cc(C(=O)NCCc2ccc(F)cc2)cc(OC)c1OCc1ccccc1. The van der Waals surface area contributed by atoms with Crippen molar-refractivity contribution in [2.24, 2.45) is 0 Å². The minimum atomic E-state index is -0.281. The first-order valence-electron chi connectivity index (χ1n) is 9.56. The first kappa shape index (κ1) is 21.2. The fourth-order valence-corrected chi connectivity index (χ4v) is 2.96. The maximum absolute atomic E-state index is 13.0. The average molecular weight is 409 g/mol. The second-order valence-corrected chi connectivity index (χ2v) is 6.62. The van der Waals surface area contributed by atoms with Crippen LogP contribution < -0.4 is 19.5 Å². The van der Waals surface area contributed by atoms with Crippen LogP contribution >= 0.6 is 0 Å². The molecule has 0 aliphatic rings. The largest absolute Gasteiger partial charge is 0.493 e. The van der Waals surface area contributed by atoms with Crippen molar-refractivity contribution < 1.29 is 23.4 Å². The molecule has 0 atom stereocenters. The summed E-state index contributed by atoms with van der Waals surface area (Å²) < 4.78 is 29.8. The van der Waals surface area contributed by atoms with Gasteiger partial charge < -0.3 is 19.5 Å². The molecule has 1 N–H and O–H groups in total. The molecule has 0 aliphatic carbocycles. The van der Waals surface area contributed by atoms with Crippen molar-refractivity contribution in [3.05, 3.63) is 89.2 Å². The number of rotatable bonds is 9. The molecule has 1 amide bonds. The Balaban J connectivity index is 1.68. The molecule has 30 heavy (non-hydrogen) atoms. The van der Waals surface area contributed by atoms with Gasteiger partial charge in [-0.05, 0) is 41.8 Å². The Morgan fingerprint density at radius 1 is 0.900 bits per heavy atom. The van der Waals surface area contributed by atoms with Crippen molar-refractivity contribution in [1.82, 2.24) is 5.32 Å². The molecule has 5 nitrogen and oxygen atoms in total. The Kier molecular flexibility index (Phi) is 7.27. The summed E-state index contributed by atoms with van der Waals surface area (Å²) in [6, 6.07) is 19.2. The number of benzene rings is 3. The second-order valence-electron chi connectivity index (χ2n) is 6.62. The van der Waals surface area contributed by atoms with E-state index in [1.807, 2.05) is 30.3 Å². The molecule has 0 bridgehead atoms. The Morgan fingerprint density at radius 3 is 2.13 bits per heavy atom. The number of ether oxygens (including phenoxy) is 3. The molecular formula is C24H24FNO4. The van der Waals surface area contributed by atoms with Gasteiger partial charge in [0, 0.05) is 12.1 Å². The standard InChI is InChI=1S/C24H24FNO4/c1-28-21-14-19(24(27)26-13-12-17-8-10-20(25)11-9-17)15-22(29-2)23(21)30-16-18-6-4-3-5-7-18/h3-11,14-15H,12-13,16H2,1-2H3,(H,26,27). The van der Waals surface area contributed by atoms with E-state index in [1.54, 1.807) is 24.3 Å². The Hall–Kier alpha value is -3.54. The van der Waals surface area contributed by atoms with Crippen molar-refractivity contribution >= 4 is 5.91 Å². The molecule has 0 unspecified atom stereocenters. The third kappa shape index (κ3) is 5.50. The van der Waals surface area contributed by atoms with Gasteiger partial charge in [0.2, 0.25) is 5.75 Å². The molecule has 3 aromatic rings. The number of amides is 1. The van der Waals surface area contributed by atoms with E-state index in [4.69, 9.17) is 14.2 Å². The number of methoxy groups -OCH3 is 2. The van der Waals surface area contributed by atoms with Crippen molar-refractivity contribution in [3.8, 4) is 17.2 Å². The lowest BCUT2D eigenvalue weighted by Gasteiger charge is -2.16. The van der Waals surface area contributed by atoms with Crippen LogP contribution in [0.4, 0.5) is 4.39 Å². The monoisotopic (exact) mass is 409 g/mol. The van der Waals surface area contributed by atoms with Crippen LogP contribution in [0.15, 0.2) is 66.7 Å². The van der Waals surface area contributed by atoms with Crippen LogP contribution in [0.5, 0.6) is 17.2 Å². The highest BCUT2D eigenvalue weighted by Gasteiger charge is 2.18. The summed E-state index contributed by atoms with van der Waals surface area (Å²) in [5, 5.41) is 2.86. The molecule has 3 rings (SSSR count). The van der Waals surface area contributed by atoms with E-state index in [0.717, 1.165) is 11.1 Å². The number of nitrogens with one attached hydrogen (secondary N) is 1. The van der Waals surface area contributed by atoms with Crippen molar-refractivity contribution in [3.63, 3.8) is 0 Å². The summed E-state index contributed by atoms with van der Waals surface area (Å²) in [4.78, 5) is 12.6. The molecule has 0 fully saturated rings. The Bertz CT molecular complexity index is 949. The van der Waals surface area contributed by atoms with Gasteiger partial charge in [0.15, 0.2) is 11.5 Å². The highest BCUT2D eigenvalue weighted by Crippen LogP contribution is 2.39. The fraction of sp³-hybridized carbons (Fsp3) is 0.208. The van der Waals surface area contributed by atoms with E-state index >= 15 is 0 Å². The number of carbonyl (C=O) groups excluding carboxylic acids is 1. The normalized spacial score (nSPS) is 10.4. The average Bonchev–Trinajstić information content (AvgIpc) is 2.79. The predicted octanol–water partition coefficient (Wildman–Crippen LogP) is 4.39. The fourth-order valence-electron chi connectivity index (χ4n) is 2.96. The topological polar surface area (TPSA) is 56.8 Å². The minimum Gasteiger partial charge on any atom is -0.493 e. The molecule has 3 aromatic carbocycles. The van der Waals surface area contributed by atoms with E-state index in [0.29, 0.717) is 42.4 Å². The summed E-state index contributed by atoms with van der Waals surface area (Å²) in [5.41, 5.74) is 2.34. The van der Waals surface area contributed by atoms with Gasteiger partial charge in [-0.1, -0.05) is 42.5 Å². The predicted molar refractivity (Wildman–Crippen MR) is 113 cm³/mol. The smallest absolute Gasteiger partial charge is 0.251 e. The quantitative estimate of drug-likeness (QED) is 0.569. The van der Waals surface area contributed by atoms with Crippen molar-refractivity contribution in [2.45, 2.75) is 13.0 Å². The lowest BCUT2D eigenvalue weighted by Crippen LogP contribution is -2.25. The minimum absolute atomic E-state index is 0.261. The van der Waals surface area contributed by atoms with Gasteiger partial charge in [0.25, 0.3) is 5.91 Å². The van der Waals surface area contributed by atoms with Crippen LogP contribution in [0, 0.1) is 5.82 Å². The van der Waals surface area contributed by atoms with Gasteiger partial charge >= 0.3 is 0 Å². The first-order chi connectivity index (χ1) is 14.6. The molecular weight excluding hydrogens is 385 g/mol. The van der Waals surface area contributed by atoms with Crippen LogP contribution in [0.3, 0.4) is 0 Å². The van der Waals surface area contributed by atoms with E-state index in [9.17, 15) is 9.18 Å². The van der Waals surface area contributed by atoms with Crippen LogP contribution in [0.25, 0.3) is 0 Å². The van der Waals surface area contributed by atoms with E-state index < -0.39 is 0 Å². The van der Waals surface area contributed by atoms with E-state index in [2.05, 4.69) is 5.32 Å². The molecule has 0 spiro atoms. The van der Waals surface area contributed by atoms with Crippen LogP contribution in [-0.4, -0.2) is 26.7 Å². The summed E-state index contributed by atoms with van der Waals surface area (Å²) >= 11 is 0. The molecule has 156 valence electrons.